The van der Waals surface area contributed by atoms with Crippen LogP contribution in [0.3, 0.4) is 0 Å². The molecule has 0 fully saturated rings. The minimum atomic E-state index is -2.06. The van der Waals surface area contributed by atoms with E-state index in [1.807, 2.05) is 0 Å². The zero-order valence-electron chi connectivity index (χ0n) is 58.0. The largest absolute Gasteiger partial charge is 0.507 e. The lowest BCUT2D eigenvalue weighted by Crippen LogP contribution is -2.33. The Kier molecular flexibility index (Phi) is 20.4. The maximum atomic E-state index is 13.2. The van der Waals surface area contributed by atoms with Crippen LogP contribution in [0.1, 0.15) is 176 Å². The number of hydrogen-bond donors (Lipinski definition) is 2. The van der Waals surface area contributed by atoms with Gasteiger partial charge < -0.3 is 19.7 Å². The first kappa shape index (κ1) is 67.7. The number of benzene rings is 10. The predicted molar refractivity (Wildman–Crippen MR) is 405 cm³/mol. The number of unbranched alkanes of at least 4 members (excludes halogenated alkanes) is 2. The summed E-state index contributed by atoms with van der Waals surface area (Å²) in [5.74, 6) is 2.30. The predicted octanol–water partition coefficient (Wildman–Crippen LogP) is 19.3. The molecule has 6 heteroatoms. The third-order valence-corrected chi connectivity index (χ3v) is 28.5. The minimum Gasteiger partial charge on any atom is -0.507 e. The van der Waals surface area contributed by atoms with Crippen molar-refractivity contribution in [3.8, 4) is 23.0 Å². The van der Waals surface area contributed by atoms with E-state index < -0.39 is 14.5 Å². The highest BCUT2D eigenvalue weighted by Gasteiger charge is 2.46. The van der Waals surface area contributed by atoms with E-state index in [9.17, 15) is 10.2 Å². The Morgan fingerprint density at radius 1 is 0.277 bits per heavy atom. The van der Waals surface area contributed by atoms with Gasteiger partial charge in [0.2, 0.25) is 0 Å². The molecule has 0 heterocycles. The lowest BCUT2D eigenvalue weighted by molar-refractivity contribution is 0.303. The van der Waals surface area contributed by atoms with Gasteiger partial charge in [0.1, 0.15) is 69.4 Å². The van der Waals surface area contributed by atoms with Crippen molar-refractivity contribution in [1.82, 2.24) is 0 Å². The summed E-state index contributed by atoms with van der Waals surface area (Å²) in [7, 11) is -4.12. The van der Waals surface area contributed by atoms with E-state index >= 15 is 0 Å². The number of rotatable bonds is 18. The Bertz CT molecular complexity index is 3610. The fourth-order valence-electron chi connectivity index (χ4n) is 14.0. The van der Waals surface area contributed by atoms with Crippen molar-refractivity contribution < 1.29 is 19.7 Å². The number of phenols is 2. The van der Waals surface area contributed by atoms with Crippen LogP contribution in [-0.2, 0) is 47.3 Å². The highest BCUT2D eigenvalue weighted by atomic mass is 31.2. The van der Waals surface area contributed by atoms with E-state index in [-0.39, 0.29) is 21.7 Å². The maximum Gasteiger partial charge on any atom is 0.126 e. The molecule has 0 aliphatic heterocycles. The molecule has 4 nitrogen and oxygen atoms in total. The average molecular weight is 1280 g/mol. The lowest BCUT2D eigenvalue weighted by Gasteiger charge is -2.29. The summed E-state index contributed by atoms with van der Waals surface area (Å²) in [6.45, 7) is 28.4. The van der Waals surface area contributed by atoms with Crippen molar-refractivity contribution in [2.45, 2.75) is 156 Å². The third-order valence-electron chi connectivity index (χ3n) is 19.5. The topological polar surface area (TPSA) is 58.9 Å². The molecule has 0 spiro atoms. The van der Waals surface area contributed by atoms with Gasteiger partial charge in [-0.2, -0.15) is 0 Å². The molecule has 8 bridgehead atoms. The molecule has 2 N–H and O–H groups in total. The van der Waals surface area contributed by atoms with Gasteiger partial charge in [-0.15, -0.1) is 0 Å². The van der Waals surface area contributed by atoms with Crippen LogP contribution in [0.15, 0.2) is 231 Å². The summed E-state index contributed by atoms with van der Waals surface area (Å²) in [6, 6.07) is 85.4. The molecule has 1 aliphatic carbocycles. The molecule has 0 amide bonds. The normalized spacial score (nSPS) is 13.1. The van der Waals surface area contributed by atoms with Crippen molar-refractivity contribution in [3.63, 3.8) is 0 Å². The van der Waals surface area contributed by atoms with Gasteiger partial charge in [0.05, 0.1) is 25.5 Å². The highest BCUT2D eigenvalue weighted by Crippen LogP contribution is 2.57. The Balaban J connectivity index is 1.01. The molecule has 11 rings (SSSR count). The standard InChI is InChI=1S/C88H98O4P2/c1-85(2,3)71-55-63-51-67-59-73(87(7,8)9)61-69(83(67)91-47-31-33-49-93(75-35-19-13-20-36-75,76-37-21-14-22-38-76)77-39-23-15-24-40-77)53-65-57-72(86(4,5)6)58-66(82(65)90)54-70-62-74(88(10,11)12)60-68(52-64(56-71)81(63)89)84(70)92-48-32-34-50-94(78-41-25-16-26-42-78,79-43-27-17-28-44-79)80-45-29-18-30-46-80/h13-30,35-46,55-62H,31-34,47-54H2,1-12H3/p+2. The summed E-state index contributed by atoms with van der Waals surface area (Å²) in [5.41, 5.74) is 11.4. The van der Waals surface area contributed by atoms with Crippen LogP contribution in [0.2, 0.25) is 0 Å². The molecule has 0 aromatic heterocycles. The first-order valence-corrected chi connectivity index (χ1v) is 38.3. The minimum absolute atomic E-state index is 0.219. The average Bonchev–Trinajstić information content (AvgIpc) is 0.776. The molecule has 10 aromatic rings. The molecular formula is C88H100O4P2+2. The summed E-state index contributed by atoms with van der Waals surface area (Å²) >= 11 is 0. The third kappa shape index (κ3) is 14.9. The Morgan fingerprint density at radius 2 is 0.468 bits per heavy atom. The summed E-state index contributed by atoms with van der Waals surface area (Å²) in [6.07, 6.45) is 7.39. The van der Waals surface area contributed by atoms with Gasteiger partial charge in [-0.3, -0.25) is 0 Å². The van der Waals surface area contributed by atoms with Gasteiger partial charge in [0.15, 0.2) is 0 Å². The van der Waals surface area contributed by atoms with E-state index in [1.54, 1.807) is 0 Å². The molecule has 94 heavy (non-hydrogen) atoms. The zero-order chi connectivity index (χ0) is 66.5. The summed E-state index contributed by atoms with van der Waals surface area (Å²) < 4.78 is 14.8. The van der Waals surface area contributed by atoms with Crippen molar-refractivity contribution in [2.24, 2.45) is 0 Å². The molecular weight excluding hydrogens is 1180 g/mol. The monoisotopic (exact) mass is 1280 g/mol. The summed E-state index contributed by atoms with van der Waals surface area (Å²) in [4.78, 5) is 0. The zero-order valence-corrected chi connectivity index (χ0v) is 59.8. The van der Waals surface area contributed by atoms with Crippen LogP contribution in [0.25, 0.3) is 0 Å². The number of hydrogen-bond acceptors (Lipinski definition) is 4. The molecule has 0 atom stereocenters. The van der Waals surface area contributed by atoms with Crippen LogP contribution >= 0.6 is 14.5 Å². The van der Waals surface area contributed by atoms with E-state index in [0.717, 1.165) is 94.0 Å². The van der Waals surface area contributed by atoms with Crippen LogP contribution in [0.5, 0.6) is 23.0 Å². The number of aromatic hydroxyl groups is 2. The number of ether oxygens (including phenoxy) is 2. The Hall–Kier alpha value is -7.74. The molecule has 0 unspecified atom stereocenters. The maximum absolute atomic E-state index is 13.2. The second-order valence-electron chi connectivity index (χ2n) is 30.4. The smallest absolute Gasteiger partial charge is 0.126 e. The van der Waals surface area contributed by atoms with Crippen molar-refractivity contribution in [1.29, 1.82) is 0 Å². The molecule has 10 aromatic carbocycles. The fraction of sp³-hybridized carbons (Fsp3) is 0.318. The first-order chi connectivity index (χ1) is 44.9. The quantitative estimate of drug-likeness (QED) is 0.0664. The number of phenolic OH excluding ortho intramolecular Hbond substituents is 2. The fourth-order valence-corrected chi connectivity index (χ4v) is 22.9. The molecule has 0 saturated heterocycles. The van der Waals surface area contributed by atoms with Crippen LogP contribution < -0.4 is 41.3 Å². The van der Waals surface area contributed by atoms with Gasteiger partial charge in [-0.25, -0.2) is 0 Å². The van der Waals surface area contributed by atoms with Crippen molar-refractivity contribution in [3.05, 3.63) is 297 Å². The van der Waals surface area contributed by atoms with E-state index in [0.29, 0.717) is 50.4 Å². The SMILES string of the molecule is CC(C)(C)c1cc2c(O)c(c1)Cc1cc(C(C)(C)C)cc(c1OCCCC[P+](c1ccccc1)(c1ccccc1)c1ccccc1)Cc1cc(C(C)(C)C)cc(c1O)Cc1cc(C(C)(C)C)cc(c1OCCCC[P+](c1ccccc1)(c1ccccc1)c1ccccc1)C2. The van der Waals surface area contributed by atoms with Gasteiger partial charge in [-0.1, -0.05) is 241 Å². The van der Waals surface area contributed by atoms with Crippen LogP contribution in [0.4, 0.5) is 0 Å². The Labute approximate surface area is 564 Å². The van der Waals surface area contributed by atoms with E-state index in [4.69, 9.17) is 9.47 Å². The van der Waals surface area contributed by atoms with E-state index in [2.05, 4.69) is 314 Å². The van der Waals surface area contributed by atoms with Gasteiger partial charge >= 0.3 is 0 Å². The number of fused-ring (bicyclic) bond motifs is 8. The van der Waals surface area contributed by atoms with Crippen LogP contribution in [-0.4, -0.2) is 35.8 Å². The molecule has 484 valence electrons. The highest BCUT2D eigenvalue weighted by molar-refractivity contribution is 7.96. The Morgan fingerprint density at radius 3 is 0.660 bits per heavy atom. The van der Waals surface area contributed by atoms with Crippen molar-refractivity contribution >= 4 is 46.4 Å². The molecule has 1 aliphatic rings. The summed E-state index contributed by atoms with van der Waals surface area (Å²) in [5, 5.41) is 34.7. The first-order valence-electron chi connectivity index (χ1n) is 34.3. The van der Waals surface area contributed by atoms with Crippen molar-refractivity contribution in [2.75, 3.05) is 25.5 Å². The second-order valence-corrected chi connectivity index (χ2v) is 37.7. The van der Waals surface area contributed by atoms with Gasteiger partial charge in [0, 0.05) is 25.7 Å². The second kappa shape index (κ2) is 28.3. The lowest BCUT2D eigenvalue weighted by atomic mass is 9.79. The van der Waals surface area contributed by atoms with Crippen LogP contribution in [0, 0.1) is 0 Å². The molecule has 0 radical (unpaired) electrons. The van der Waals surface area contributed by atoms with E-state index in [1.165, 1.54) is 54.1 Å². The van der Waals surface area contributed by atoms with Gasteiger partial charge in [0.25, 0.3) is 0 Å². The molecule has 0 saturated carbocycles. The van der Waals surface area contributed by atoms with Gasteiger partial charge in [-0.05, 0) is 187 Å².